The molecule has 1 rings (SSSR count). The number of carbonyl (C=O) groups is 1. The van der Waals surface area contributed by atoms with E-state index in [-0.39, 0.29) is 5.91 Å². The Hall–Kier alpha value is -0.570. The second-order valence-corrected chi connectivity index (χ2v) is 6.87. The molecule has 0 saturated heterocycles. The van der Waals surface area contributed by atoms with E-state index in [1.807, 2.05) is 11.9 Å². The molecule has 3 unspecified atom stereocenters. The van der Waals surface area contributed by atoms with Gasteiger partial charge in [-0.15, -0.1) is 0 Å². The molecule has 0 radical (unpaired) electrons. The number of nitrogens with two attached hydrogens (primary N) is 1. The monoisotopic (exact) mass is 268 g/mol. The van der Waals surface area contributed by atoms with Crippen molar-refractivity contribution in [2.24, 2.45) is 23.5 Å². The Morgan fingerprint density at radius 2 is 2.05 bits per heavy atom. The van der Waals surface area contributed by atoms with E-state index in [1.54, 1.807) is 0 Å². The van der Waals surface area contributed by atoms with Gasteiger partial charge in [0.1, 0.15) is 0 Å². The molecule has 3 heteroatoms. The van der Waals surface area contributed by atoms with Crippen LogP contribution in [-0.4, -0.2) is 30.4 Å². The van der Waals surface area contributed by atoms with Gasteiger partial charge in [-0.1, -0.05) is 33.6 Å². The lowest BCUT2D eigenvalue weighted by Gasteiger charge is -2.35. The molecule has 0 bridgehead atoms. The number of nitrogens with zero attached hydrogens (tertiary/aromatic N) is 1. The second-order valence-electron chi connectivity index (χ2n) is 6.87. The number of rotatable bonds is 6. The zero-order valence-corrected chi connectivity index (χ0v) is 13.2. The molecule has 0 aromatic rings. The molecule has 0 heterocycles. The van der Waals surface area contributed by atoms with Gasteiger partial charge in [0.15, 0.2) is 0 Å². The molecule has 3 atom stereocenters. The average molecular weight is 268 g/mol. The first-order valence-electron chi connectivity index (χ1n) is 7.89. The van der Waals surface area contributed by atoms with Crippen molar-refractivity contribution in [3.8, 4) is 0 Å². The van der Waals surface area contributed by atoms with E-state index in [2.05, 4.69) is 20.8 Å². The summed E-state index contributed by atoms with van der Waals surface area (Å²) >= 11 is 0. The summed E-state index contributed by atoms with van der Waals surface area (Å²) in [7, 11) is 1.98. The maximum Gasteiger partial charge on any atom is 0.222 e. The lowest BCUT2D eigenvalue weighted by atomic mass is 9.86. The lowest BCUT2D eigenvalue weighted by Crippen LogP contribution is -2.41. The van der Waals surface area contributed by atoms with Gasteiger partial charge in [0.25, 0.3) is 0 Å². The minimum atomic E-state index is 0.287. The summed E-state index contributed by atoms with van der Waals surface area (Å²) in [5, 5.41) is 0. The van der Waals surface area contributed by atoms with Crippen molar-refractivity contribution >= 4 is 5.91 Å². The minimum absolute atomic E-state index is 0.287. The van der Waals surface area contributed by atoms with Crippen LogP contribution in [0.15, 0.2) is 0 Å². The first-order chi connectivity index (χ1) is 8.93. The quantitative estimate of drug-likeness (QED) is 0.805. The van der Waals surface area contributed by atoms with Crippen LogP contribution in [0.25, 0.3) is 0 Å². The van der Waals surface area contributed by atoms with Crippen LogP contribution in [0.2, 0.25) is 0 Å². The van der Waals surface area contributed by atoms with E-state index < -0.39 is 0 Å². The molecule has 112 valence electrons. The Labute approximate surface area is 118 Å². The van der Waals surface area contributed by atoms with E-state index in [0.717, 1.165) is 12.3 Å². The molecule has 0 aromatic carbocycles. The van der Waals surface area contributed by atoms with E-state index in [1.165, 1.54) is 25.7 Å². The highest BCUT2D eigenvalue weighted by Crippen LogP contribution is 2.27. The summed E-state index contributed by atoms with van der Waals surface area (Å²) in [5.41, 5.74) is 5.80. The topological polar surface area (TPSA) is 46.3 Å². The summed E-state index contributed by atoms with van der Waals surface area (Å²) in [5.74, 6) is 2.00. The van der Waals surface area contributed by atoms with Gasteiger partial charge in [-0.25, -0.2) is 0 Å². The smallest absolute Gasteiger partial charge is 0.222 e. The van der Waals surface area contributed by atoms with Gasteiger partial charge in [0.2, 0.25) is 5.91 Å². The molecular weight excluding hydrogens is 236 g/mol. The van der Waals surface area contributed by atoms with Gasteiger partial charge in [0, 0.05) is 19.5 Å². The fraction of sp³-hybridized carbons (Fsp3) is 0.938. The van der Waals surface area contributed by atoms with Crippen molar-refractivity contribution in [3.05, 3.63) is 0 Å². The van der Waals surface area contributed by atoms with Gasteiger partial charge in [-0.2, -0.15) is 0 Å². The summed E-state index contributed by atoms with van der Waals surface area (Å²) in [6.07, 6.45) is 6.59. The molecule has 0 aliphatic heterocycles. The van der Waals surface area contributed by atoms with Gasteiger partial charge in [-0.05, 0) is 43.6 Å². The number of hydrogen-bond donors (Lipinski definition) is 1. The molecule has 2 N–H and O–H groups in total. The second kappa shape index (κ2) is 7.88. The van der Waals surface area contributed by atoms with Crippen molar-refractivity contribution < 1.29 is 4.79 Å². The van der Waals surface area contributed by atoms with E-state index in [4.69, 9.17) is 5.73 Å². The van der Waals surface area contributed by atoms with Crippen LogP contribution < -0.4 is 5.73 Å². The largest absolute Gasteiger partial charge is 0.343 e. The van der Waals surface area contributed by atoms with E-state index in [9.17, 15) is 4.79 Å². The third kappa shape index (κ3) is 5.52. The van der Waals surface area contributed by atoms with Gasteiger partial charge >= 0.3 is 0 Å². The molecule has 1 saturated carbocycles. The highest BCUT2D eigenvalue weighted by atomic mass is 16.2. The standard InChI is InChI=1S/C16H32N2O/c1-12(2)8-14(11-17)10-16(19)18(4)15-7-5-6-13(3)9-15/h12-15H,5-11,17H2,1-4H3. The van der Waals surface area contributed by atoms with Crippen LogP contribution in [0.1, 0.15) is 59.3 Å². The van der Waals surface area contributed by atoms with Gasteiger partial charge in [-0.3, -0.25) is 4.79 Å². The van der Waals surface area contributed by atoms with E-state index >= 15 is 0 Å². The SMILES string of the molecule is CC(C)CC(CN)CC(=O)N(C)C1CCCC(C)C1. The highest BCUT2D eigenvalue weighted by Gasteiger charge is 2.26. The molecule has 1 fully saturated rings. The fourth-order valence-electron chi connectivity index (χ4n) is 3.28. The van der Waals surface area contributed by atoms with Crippen LogP contribution in [0.5, 0.6) is 0 Å². The summed E-state index contributed by atoms with van der Waals surface area (Å²) in [6.45, 7) is 7.31. The summed E-state index contributed by atoms with van der Waals surface area (Å²) in [4.78, 5) is 14.4. The van der Waals surface area contributed by atoms with Crippen LogP contribution >= 0.6 is 0 Å². The predicted octanol–water partition coefficient (Wildman–Crippen LogP) is 3.03. The number of amides is 1. The van der Waals surface area contributed by atoms with Crippen molar-refractivity contribution in [3.63, 3.8) is 0 Å². The third-order valence-corrected chi connectivity index (χ3v) is 4.45. The molecule has 3 nitrogen and oxygen atoms in total. The van der Waals surface area contributed by atoms with Gasteiger partial charge in [0.05, 0.1) is 0 Å². The van der Waals surface area contributed by atoms with Gasteiger partial charge < -0.3 is 10.6 Å². The van der Waals surface area contributed by atoms with Crippen LogP contribution in [0, 0.1) is 17.8 Å². The normalized spacial score (nSPS) is 25.4. The minimum Gasteiger partial charge on any atom is -0.343 e. The van der Waals surface area contributed by atoms with Crippen molar-refractivity contribution in [1.29, 1.82) is 0 Å². The molecule has 0 spiro atoms. The number of hydrogen-bond acceptors (Lipinski definition) is 2. The Kier molecular flexibility index (Phi) is 6.84. The Bertz CT molecular complexity index is 278. The maximum atomic E-state index is 12.4. The Morgan fingerprint density at radius 3 is 2.58 bits per heavy atom. The maximum absolute atomic E-state index is 12.4. The predicted molar refractivity (Wildman–Crippen MR) is 80.8 cm³/mol. The van der Waals surface area contributed by atoms with Crippen LogP contribution in [-0.2, 0) is 4.79 Å². The third-order valence-electron chi connectivity index (χ3n) is 4.45. The zero-order valence-electron chi connectivity index (χ0n) is 13.2. The lowest BCUT2D eigenvalue weighted by molar-refractivity contribution is -0.133. The Balaban J connectivity index is 2.46. The summed E-state index contributed by atoms with van der Waals surface area (Å²) < 4.78 is 0. The zero-order chi connectivity index (χ0) is 14.4. The highest BCUT2D eigenvalue weighted by molar-refractivity contribution is 5.76. The average Bonchev–Trinajstić information content (AvgIpc) is 2.36. The Morgan fingerprint density at radius 1 is 1.37 bits per heavy atom. The number of carbonyl (C=O) groups excluding carboxylic acids is 1. The van der Waals surface area contributed by atoms with E-state index in [0.29, 0.717) is 30.8 Å². The fourth-order valence-corrected chi connectivity index (χ4v) is 3.28. The first kappa shape index (κ1) is 16.5. The molecule has 1 amide bonds. The van der Waals surface area contributed by atoms with Crippen LogP contribution in [0.4, 0.5) is 0 Å². The summed E-state index contributed by atoms with van der Waals surface area (Å²) in [6, 6.07) is 0.453. The van der Waals surface area contributed by atoms with Crippen molar-refractivity contribution in [2.45, 2.75) is 65.3 Å². The van der Waals surface area contributed by atoms with Crippen LogP contribution in [0.3, 0.4) is 0 Å². The molecular formula is C16H32N2O. The molecule has 0 aromatic heterocycles. The first-order valence-corrected chi connectivity index (χ1v) is 7.89. The molecule has 1 aliphatic rings. The molecule has 1 aliphatic carbocycles. The van der Waals surface area contributed by atoms with Crippen molar-refractivity contribution in [2.75, 3.05) is 13.6 Å². The van der Waals surface area contributed by atoms with Crippen molar-refractivity contribution in [1.82, 2.24) is 4.90 Å². The molecule has 19 heavy (non-hydrogen) atoms.